The molecule has 1 heterocycles. The third-order valence-corrected chi connectivity index (χ3v) is 4.86. The van der Waals surface area contributed by atoms with Gasteiger partial charge in [-0.3, -0.25) is 4.79 Å². The Morgan fingerprint density at radius 1 is 1.07 bits per heavy atom. The monoisotopic (exact) mass is 363 g/mol. The van der Waals surface area contributed by atoms with Crippen molar-refractivity contribution in [2.24, 2.45) is 5.41 Å². The summed E-state index contributed by atoms with van der Waals surface area (Å²) in [5.41, 5.74) is 3.90. The van der Waals surface area contributed by atoms with Crippen LogP contribution in [-0.2, 0) is 6.54 Å². The average Bonchev–Trinajstić information content (AvgIpc) is 2.99. The molecule has 0 aliphatic rings. The van der Waals surface area contributed by atoms with Gasteiger partial charge in [0.25, 0.3) is 0 Å². The Morgan fingerprint density at radius 3 is 2.56 bits per heavy atom. The normalized spacial score (nSPS) is 11.7. The highest BCUT2D eigenvalue weighted by atomic mass is 16.5. The molecule has 0 unspecified atom stereocenters. The summed E-state index contributed by atoms with van der Waals surface area (Å²) in [7, 11) is 0. The van der Waals surface area contributed by atoms with E-state index in [0.29, 0.717) is 6.61 Å². The molecule has 1 aromatic heterocycles. The molecule has 0 aliphatic heterocycles. The largest absolute Gasteiger partial charge is 0.493 e. The Labute approximate surface area is 162 Å². The molecule has 0 spiro atoms. The quantitative estimate of drug-likeness (QED) is 0.400. The van der Waals surface area contributed by atoms with E-state index >= 15 is 0 Å². The lowest BCUT2D eigenvalue weighted by Gasteiger charge is -2.15. The van der Waals surface area contributed by atoms with E-state index < -0.39 is 0 Å². The van der Waals surface area contributed by atoms with E-state index in [1.54, 1.807) is 0 Å². The van der Waals surface area contributed by atoms with Gasteiger partial charge in [0.1, 0.15) is 5.75 Å². The molecule has 3 nitrogen and oxygen atoms in total. The Bertz CT molecular complexity index is 960. The standard InChI is InChI=1S/C24H29NO2/c1-17-11-12-18(2)22(15-17)27-14-8-13-25-16-20(23(26)24(3,4)5)19-9-6-7-10-21(19)25/h6-7,9-12,15-16H,8,13-14H2,1-5H3. The molecule has 3 heteroatoms. The molecule has 0 aliphatic carbocycles. The first kappa shape index (κ1) is 19.2. The molecule has 0 radical (unpaired) electrons. The van der Waals surface area contributed by atoms with Crippen molar-refractivity contribution in [3.63, 3.8) is 0 Å². The van der Waals surface area contributed by atoms with Gasteiger partial charge in [0.05, 0.1) is 6.61 Å². The van der Waals surface area contributed by atoms with Crippen molar-refractivity contribution in [2.75, 3.05) is 6.61 Å². The van der Waals surface area contributed by atoms with Gasteiger partial charge in [0, 0.05) is 34.6 Å². The Kier molecular flexibility index (Phi) is 5.41. The lowest BCUT2D eigenvalue weighted by atomic mass is 9.86. The zero-order chi connectivity index (χ0) is 19.6. The van der Waals surface area contributed by atoms with Gasteiger partial charge in [0.15, 0.2) is 5.78 Å². The van der Waals surface area contributed by atoms with Crippen LogP contribution in [0.2, 0.25) is 0 Å². The first-order chi connectivity index (χ1) is 12.8. The fraction of sp³-hybridized carbons (Fsp3) is 0.375. The van der Waals surface area contributed by atoms with Crippen molar-refractivity contribution >= 4 is 16.7 Å². The number of fused-ring (bicyclic) bond motifs is 1. The van der Waals surface area contributed by atoms with Gasteiger partial charge in [-0.2, -0.15) is 0 Å². The maximum Gasteiger partial charge on any atom is 0.170 e. The summed E-state index contributed by atoms with van der Waals surface area (Å²) in [4.78, 5) is 12.8. The maximum atomic E-state index is 12.8. The van der Waals surface area contributed by atoms with Crippen molar-refractivity contribution in [2.45, 2.75) is 47.6 Å². The van der Waals surface area contributed by atoms with Gasteiger partial charge in [-0.05, 0) is 43.5 Å². The SMILES string of the molecule is Cc1ccc(C)c(OCCCn2cc(C(=O)C(C)(C)C)c3ccccc32)c1. The molecule has 3 rings (SSSR count). The molecule has 27 heavy (non-hydrogen) atoms. The minimum Gasteiger partial charge on any atom is -0.493 e. The number of aryl methyl sites for hydroxylation is 3. The highest BCUT2D eigenvalue weighted by Crippen LogP contribution is 2.28. The summed E-state index contributed by atoms with van der Waals surface area (Å²) >= 11 is 0. The van der Waals surface area contributed by atoms with Gasteiger partial charge in [-0.1, -0.05) is 51.1 Å². The number of ketones is 1. The van der Waals surface area contributed by atoms with Crippen molar-refractivity contribution in [1.82, 2.24) is 4.57 Å². The number of carbonyl (C=O) groups is 1. The summed E-state index contributed by atoms with van der Waals surface area (Å²) in [6.07, 6.45) is 2.89. The summed E-state index contributed by atoms with van der Waals surface area (Å²) < 4.78 is 8.16. The number of hydrogen-bond acceptors (Lipinski definition) is 2. The summed E-state index contributed by atoms with van der Waals surface area (Å²) in [6.45, 7) is 11.5. The van der Waals surface area contributed by atoms with Crippen LogP contribution in [-0.4, -0.2) is 17.0 Å². The predicted octanol–water partition coefficient (Wildman–Crippen LogP) is 5.96. The van der Waals surface area contributed by atoms with E-state index in [2.05, 4.69) is 42.7 Å². The van der Waals surface area contributed by atoms with Crippen LogP contribution in [0.4, 0.5) is 0 Å². The first-order valence-electron chi connectivity index (χ1n) is 9.60. The van der Waals surface area contributed by atoms with Crippen molar-refractivity contribution in [3.8, 4) is 5.75 Å². The minimum atomic E-state index is -0.388. The number of rotatable bonds is 6. The van der Waals surface area contributed by atoms with Crippen LogP contribution in [0.5, 0.6) is 5.75 Å². The number of benzene rings is 2. The van der Waals surface area contributed by atoms with Gasteiger partial charge in [-0.15, -0.1) is 0 Å². The molecule has 142 valence electrons. The van der Waals surface area contributed by atoms with E-state index in [1.165, 1.54) is 5.56 Å². The molecule has 3 aromatic rings. The van der Waals surface area contributed by atoms with E-state index in [-0.39, 0.29) is 11.2 Å². The van der Waals surface area contributed by atoms with E-state index in [4.69, 9.17) is 4.74 Å². The molecule has 2 aromatic carbocycles. The lowest BCUT2D eigenvalue weighted by Crippen LogP contribution is -2.19. The molecule has 0 atom stereocenters. The average molecular weight is 364 g/mol. The second kappa shape index (κ2) is 7.59. The number of aromatic nitrogens is 1. The van der Waals surface area contributed by atoms with Crippen molar-refractivity contribution in [1.29, 1.82) is 0 Å². The molecule has 0 saturated carbocycles. The third kappa shape index (κ3) is 4.24. The second-order valence-electron chi connectivity index (χ2n) is 8.30. The topological polar surface area (TPSA) is 31.2 Å². The van der Waals surface area contributed by atoms with Gasteiger partial charge in [0.2, 0.25) is 0 Å². The number of carbonyl (C=O) groups excluding carboxylic acids is 1. The third-order valence-electron chi connectivity index (χ3n) is 4.86. The lowest BCUT2D eigenvalue weighted by molar-refractivity contribution is 0.0860. The molecule has 0 saturated heterocycles. The van der Waals surface area contributed by atoms with Crippen LogP contribution < -0.4 is 4.74 Å². The molecular formula is C24H29NO2. The Balaban J connectivity index is 1.74. The van der Waals surface area contributed by atoms with E-state index in [1.807, 2.05) is 45.2 Å². The highest BCUT2D eigenvalue weighted by molar-refractivity contribution is 6.10. The Morgan fingerprint density at radius 2 is 1.81 bits per heavy atom. The molecular weight excluding hydrogens is 334 g/mol. The fourth-order valence-electron chi connectivity index (χ4n) is 3.30. The maximum absolute atomic E-state index is 12.8. The van der Waals surface area contributed by atoms with E-state index in [0.717, 1.165) is 40.7 Å². The fourth-order valence-corrected chi connectivity index (χ4v) is 3.30. The predicted molar refractivity (Wildman–Crippen MR) is 112 cm³/mol. The molecule has 0 bridgehead atoms. The number of ether oxygens (including phenoxy) is 1. The van der Waals surface area contributed by atoms with E-state index in [9.17, 15) is 4.79 Å². The number of para-hydroxylation sites is 1. The van der Waals surface area contributed by atoms with Crippen LogP contribution in [0, 0.1) is 19.3 Å². The minimum absolute atomic E-state index is 0.184. The number of Topliss-reactive ketones (excluding diaryl/α,β-unsaturated/α-hetero) is 1. The summed E-state index contributed by atoms with van der Waals surface area (Å²) in [6, 6.07) is 14.4. The number of nitrogens with zero attached hydrogens (tertiary/aromatic N) is 1. The van der Waals surface area contributed by atoms with Crippen molar-refractivity contribution < 1.29 is 9.53 Å². The van der Waals surface area contributed by atoms with Crippen LogP contribution in [0.1, 0.15) is 48.7 Å². The molecule has 0 fully saturated rings. The van der Waals surface area contributed by atoms with Gasteiger partial charge < -0.3 is 9.30 Å². The molecule has 0 N–H and O–H groups in total. The zero-order valence-electron chi connectivity index (χ0n) is 17.0. The van der Waals surface area contributed by atoms with Gasteiger partial charge >= 0.3 is 0 Å². The van der Waals surface area contributed by atoms with Crippen LogP contribution in [0.3, 0.4) is 0 Å². The number of hydrogen-bond donors (Lipinski definition) is 0. The first-order valence-corrected chi connectivity index (χ1v) is 9.60. The van der Waals surface area contributed by atoms with Crippen LogP contribution >= 0.6 is 0 Å². The Hall–Kier alpha value is -2.55. The summed E-state index contributed by atoms with van der Waals surface area (Å²) in [5, 5.41) is 1.04. The highest BCUT2D eigenvalue weighted by Gasteiger charge is 2.26. The smallest absolute Gasteiger partial charge is 0.170 e. The van der Waals surface area contributed by atoms with Crippen LogP contribution in [0.15, 0.2) is 48.7 Å². The van der Waals surface area contributed by atoms with Gasteiger partial charge in [-0.25, -0.2) is 0 Å². The zero-order valence-corrected chi connectivity index (χ0v) is 17.0. The molecule has 0 amide bonds. The van der Waals surface area contributed by atoms with Crippen LogP contribution in [0.25, 0.3) is 10.9 Å². The van der Waals surface area contributed by atoms with Crippen molar-refractivity contribution in [3.05, 3.63) is 65.4 Å². The second-order valence-corrected chi connectivity index (χ2v) is 8.30. The summed E-state index contributed by atoms with van der Waals surface area (Å²) in [5.74, 6) is 1.14.